The first-order valence-corrected chi connectivity index (χ1v) is 11.2. The lowest BCUT2D eigenvalue weighted by Gasteiger charge is -2.58. The lowest BCUT2D eigenvalue weighted by Crippen LogP contribution is -2.57. The molecule has 2 fully saturated rings. The van der Waals surface area contributed by atoms with Crippen LogP contribution >= 0.6 is 0 Å². The molecule has 2 aromatic rings. The number of benzene rings is 2. The SMILES string of the molecule is Cc1ccc([C@]23CCCC[C@H]2C2(CCCCC2)c2ccc(C)cc2O3)c(O)c1. The fourth-order valence-corrected chi connectivity index (χ4v) is 6.67. The van der Waals surface area contributed by atoms with E-state index >= 15 is 0 Å². The molecule has 1 N–H and O–H groups in total. The van der Waals surface area contributed by atoms with Gasteiger partial charge in [-0.1, -0.05) is 49.9 Å². The van der Waals surface area contributed by atoms with Crippen molar-refractivity contribution in [1.82, 2.24) is 0 Å². The van der Waals surface area contributed by atoms with Crippen LogP contribution in [0.5, 0.6) is 11.5 Å². The van der Waals surface area contributed by atoms with E-state index in [-0.39, 0.29) is 5.41 Å². The van der Waals surface area contributed by atoms with Crippen molar-refractivity contribution in [3.05, 3.63) is 58.7 Å². The summed E-state index contributed by atoms with van der Waals surface area (Å²) in [5.74, 6) is 1.92. The molecule has 2 atom stereocenters. The molecular weight excluding hydrogens is 344 g/mol. The quantitative estimate of drug-likeness (QED) is 0.601. The van der Waals surface area contributed by atoms with Gasteiger partial charge in [-0.3, -0.25) is 0 Å². The van der Waals surface area contributed by atoms with Gasteiger partial charge in [0, 0.05) is 22.5 Å². The topological polar surface area (TPSA) is 29.5 Å². The summed E-state index contributed by atoms with van der Waals surface area (Å²) in [6.45, 7) is 4.20. The highest BCUT2D eigenvalue weighted by molar-refractivity contribution is 5.51. The van der Waals surface area contributed by atoms with E-state index in [1.165, 1.54) is 62.5 Å². The second-order valence-electron chi connectivity index (χ2n) is 9.53. The summed E-state index contributed by atoms with van der Waals surface area (Å²) in [5, 5.41) is 11.0. The van der Waals surface area contributed by atoms with Gasteiger partial charge >= 0.3 is 0 Å². The number of phenols is 1. The fraction of sp³-hybridized carbons (Fsp3) is 0.538. The number of fused-ring (bicyclic) bond motifs is 4. The average Bonchev–Trinajstić information content (AvgIpc) is 2.68. The third-order valence-corrected chi connectivity index (χ3v) is 7.84. The zero-order valence-electron chi connectivity index (χ0n) is 17.3. The Hall–Kier alpha value is -1.96. The Bertz CT molecular complexity index is 893. The molecule has 148 valence electrons. The van der Waals surface area contributed by atoms with E-state index in [4.69, 9.17) is 4.74 Å². The summed E-state index contributed by atoms with van der Waals surface area (Å²) < 4.78 is 6.98. The van der Waals surface area contributed by atoms with Crippen molar-refractivity contribution in [1.29, 1.82) is 0 Å². The second-order valence-corrected chi connectivity index (χ2v) is 9.53. The predicted molar refractivity (Wildman–Crippen MR) is 113 cm³/mol. The van der Waals surface area contributed by atoms with Gasteiger partial charge in [-0.2, -0.15) is 0 Å². The van der Waals surface area contributed by atoms with E-state index in [9.17, 15) is 5.11 Å². The summed E-state index contributed by atoms with van der Waals surface area (Å²) in [5.41, 5.74) is 4.60. The maximum Gasteiger partial charge on any atom is 0.141 e. The van der Waals surface area contributed by atoms with Crippen molar-refractivity contribution in [2.75, 3.05) is 0 Å². The molecule has 0 amide bonds. The van der Waals surface area contributed by atoms with Crippen LogP contribution in [0.15, 0.2) is 36.4 Å². The smallest absolute Gasteiger partial charge is 0.141 e. The number of aryl methyl sites for hydroxylation is 2. The van der Waals surface area contributed by atoms with Gasteiger partial charge in [-0.15, -0.1) is 0 Å². The molecular formula is C26H32O2. The number of phenolic OH excluding ortho intramolecular Hbond substituents is 1. The molecule has 1 heterocycles. The summed E-state index contributed by atoms with van der Waals surface area (Å²) in [6, 6.07) is 13.0. The molecule has 0 saturated heterocycles. The first-order chi connectivity index (χ1) is 13.6. The van der Waals surface area contributed by atoms with Gasteiger partial charge < -0.3 is 9.84 Å². The minimum absolute atomic E-state index is 0.192. The largest absolute Gasteiger partial charge is 0.508 e. The summed E-state index contributed by atoms with van der Waals surface area (Å²) in [7, 11) is 0. The molecule has 1 spiro atoms. The van der Waals surface area contributed by atoms with E-state index in [1.54, 1.807) is 0 Å². The highest BCUT2D eigenvalue weighted by atomic mass is 16.5. The van der Waals surface area contributed by atoms with Crippen LogP contribution in [-0.2, 0) is 11.0 Å². The molecule has 0 bridgehead atoms. The summed E-state index contributed by atoms with van der Waals surface area (Å²) >= 11 is 0. The molecule has 28 heavy (non-hydrogen) atoms. The summed E-state index contributed by atoms with van der Waals surface area (Å²) in [6.07, 6.45) is 11.1. The maximum absolute atomic E-state index is 11.0. The number of hydrogen-bond acceptors (Lipinski definition) is 2. The van der Waals surface area contributed by atoms with Crippen LogP contribution in [0.25, 0.3) is 0 Å². The van der Waals surface area contributed by atoms with Gasteiger partial charge in [0.15, 0.2) is 0 Å². The van der Waals surface area contributed by atoms with Crippen LogP contribution in [0.2, 0.25) is 0 Å². The molecule has 0 aromatic heterocycles. The van der Waals surface area contributed by atoms with E-state index < -0.39 is 5.60 Å². The molecule has 5 rings (SSSR count). The molecule has 2 aliphatic carbocycles. The Balaban J connectivity index is 1.76. The van der Waals surface area contributed by atoms with Crippen molar-refractivity contribution in [3.63, 3.8) is 0 Å². The highest BCUT2D eigenvalue weighted by Gasteiger charge is 2.59. The zero-order chi connectivity index (χ0) is 19.4. The van der Waals surface area contributed by atoms with Gasteiger partial charge in [-0.25, -0.2) is 0 Å². The van der Waals surface area contributed by atoms with Crippen molar-refractivity contribution in [3.8, 4) is 11.5 Å². The first-order valence-electron chi connectivity index (χ1n) is 11.2. The molecule has 0 radical (unpaired) electrons. The average molecular weight is 377 g/mol. The Kier molecular flexibility index (Phi) is 4.23. The van der Waals surface area contributed by atoms with Crippen LogP contribution < -0.4 is 4.74 Å². The third-order valence-electron chi connectivity index (χ3n) is 7.84. The zero-order valence-corrected chi connectivity index (χ0v) is 17.3. The number of rotatable bonds is 1. The first kappa shape index (κ1) is 18.1. The standard InChI is InChI=1S/C26H32O2/c1-18-9-11-20(22(27)16-18)26-15-7-4-8-24(26)25(13-5-3-6-14-25)21-12-10-19(2)17-23(21)28-26/h9-12,16-17,24,27H,3-8,13-15H2,1-2H3/t24-,26+/m0/s1. The normalized spacial score (nSPS) is 28.3. The monoisotopic (exact) mass is 376 g/mol. The number of aromatic hydroxyl groups is 1. The van der Waals surface area contributed by atoms with Gasteiger partial charge in [0.05, 0.1) is 0 Å². The van der Waals surface area contributed by atoms with Crippen molar-refractivity contribution >= 4 is 0 Å². The lowest BCUT2D eigenvalue weighted by atomic mass is 9.51. The Labute approximate surface area is 168 Å². The lowest BCUT2D eigenvalue weighted by molar-refractivity contribution is -0.0959. The molecule has 2 saturated carbocycles. The van der Waals surface area contributed by atoms with Crippen molar-refractivity contribution in [2.45, 2.75) is 82.7 Å². The number of ether oxygens (including phenoxy) is 1. The third kappa shape index (κ3) is 2.53. The van der Waals surface area contributed by atoms with E-state index in [1.807, 2.05) is 13.0 Å². The van der Waals surface area contributed by atoms with Crippen LogP contribution in [0.3, 0.4) is 0 Å². The number of hydrogen-bond donors (Lipinski definition) is 1. The van der Waals surface area contributed by atoms with Gasteiger partial charge in [0.25, 0.3) is 0 Å². The van der Waals surface area contributed by atoms with Gasteiger partial charge in [-0.05, 0) is 69.2 Å². The Morgan fingerprint density at radius 3 is 2.25 bits per heavy atom. The van der Waals surface area contributed by atoms with E-state index in [0.29, 0.717) is 11.7 Å². The molecule has 1 aliphatic heterocycles. The van der Waals surface area contributed by atoms with Crippen LogP contribution in [0, 0.1) is 19.8 Å². The van der Waals surface area contributed by atoms with Crippen LogP contribution in [0.1, 0.15) is 80.0 Å². The van der Waals surface area contributed by atoms with E-state index in [2.05, 4.69) is 37.3 Å². The second kappa shape index (κ2) is 6.54. The van der Waals surface area contributed by atoms with Gasteiger partial charge in [0.2, 0.25) is 0 Å². The van der Waals surface area contributed by atoms with Crippen molar-refractivity contribution < 1.29 is 9.84 Å². The Morgan fingerprint density at radius 2 is 1.50 bits per heavy atom. The van der Waals surface area contributed by atoms with Gasteiger partial charge in [0.1, 0.15) is 17.1 Å². The Morgan fingerprint density at radius 1 is 0.821 bits per heavy atom. The minimum atomic E-state index is -0.395. The minimum Gasteiger partial charge on any atom is -0.508 e. The van der Waals surface area contributed by atoms with Crippen LogP contribution in [0.4, 0.5) is 0 Å². The fourth-order valence-electron chi connectivity index (χ4n) is 6.67. The van der Waals surface area contributed by atoms with Crippen LogP contribution in [-0.4, -0.2) is 5.11 Å². The summed E-state index contributed by atoms with van der Waals surface area (Å²) in [4.78, 5) is 0. The predicted octanol–water partition coefficient (Wildman–Crippen LogP) is 6.69. The maximum atomic E-state index is 11.0. The molecule has 2 heteroatoms. The molecule has 2 nitrogen and oxygen atoms in total. The molecule has 3 aliphatic rings. The molecule has 2 aromatic carbocycles. The molecule has 0 unspecified atom stereocenters. The highest BCUT2D eigenvalue weighted by Crippen LogP contribution is 2.63. The van der Waals surface area contributed by atoms with Crippen molar-refractivity contribution in [2.24, 2.45) is 5.92 Å². The van der Waals surface area contributed by atoms with E-state index in [0.717, 1.165) is 23.3 Å².